The van der Waals surface area contributed by atoms with Gasteiger partial charge in [-0.25, -0.2) is 0 Å². The molecule has 1 atom stereocenters. The monoisotopic (exact) mass is 264 g/mol. The van der Waals surface area contributed by atoms with Crippen LogP contribution in [0.25, 0.3) is 11.0 Å². The molecule has 4 heteroatoms. The molecule has 0 aliphatic rings. The number of rotatable bonds is 7. The van der Waals surface area contributed by atoms with Crippen LogP contribution >= 0.6 is 0 Å². The molecule has 1 N–H and O–H groups in total. The highest BCUT2D eigenvalue weighted by Gasteiger charge is 2.13. The number of fused-ring (bicyclic) bond motifs is 1. The molecule has 1 aromatic carbocycles. The summed E-state index contributed by atoms with van der Waals surface area (Å²) >= 11 is 0. The van der Waals surface area contributed by atoms with Crippen LogP contribution in [0.5, 0.6) is 0 Å². The molecule has 0 aliphatic heterocycles. The zero-order chi connectivity index (χ0) is 13.7. The highest BCUT2D eigenvalue weighted by atomic mass is 16.5. The number of aliphatic hydroxyl groups is 1. The highest BCUT2D eigenvalue weighted by molar-refractivity contribution is 5.78. The standard InChI is InChI=1S/C15H20O4/c1-11-3-4-14-12(9-11)10-15(19-14)13(16)5-6-18-8-7-17-2/h3-4,9-10,13,16H,5-8H2,1-2H3. The lowest BCUT2D eigenvalue weighted by Gasteiger charge is -2.07. The number of aryl methyl sites for hydroxylation is 1. The summed E-state index contributed by atoms with van der Waals surface area (Å²) in [6, 6.07) is 7.86. The first-order valence-electron chi connectivity index (χ1n) is 6.45. The lowest BCUT2D eigenvalue weighted by molar-refractivity contribution is 0.0430. The molecule has 0 spiro atoms. The van der Waals surface area contributed by atoms with Crippen molar-refractivity contribution in [3.8, 4) is 0 Å². The minimum Gasteiger partial charge on any atom is -0.458 e. The lowest BCUT2D eigenvalue weighted by Crippen LogP contribution is -2.06. The predicted molar refractivity (Wildman–Crippen MR) is 73.2 cm³/mol. The van der Waals surface area contributed by atoms with Gasteiger partial charge in [0.1, 0.15) is 17.4 Å². The largest absolute Gasteiger partial charge is 0.458 e. The molecule has 19 heavy (non-hydrogen) atoms. The van der Waals surface area contributed by atoms with Gasteiger partial charge in [-0.15, -0.1) is 0 Å². The van der Waals surface area contributed by atoms with E-state index in [1.165, 1.54) is 5.56 Å². The van der Waals surface area contributed by atoms with E-state index in [1.807, 2.05) is 31.2 Å². The minimum atomic E-state index is -0.629. The van der Waals surface area contributed by atoms with Crippen molar-refractivity contribution in [1.82, 2.24) is 0 Å². The van der Waals surface area contributed by atoms with Crippen molar-refractivity contribution in [2.75, 3.05) is 26.9 Å². The van der Waals surface area contributed by atoms with Crippen LogP contribution in [0.4, 0.5) is 0 Å². The molecule has 0 aliphatic carbocycles. The van der Waals surface area contributed by atoms with Gasteiger partial charge in [0.15, 0.2) is 0 Å². The number of hydrogen-bond acceptors (Lipinski definition) is 4. The van der Waals surface area contributed by atoms with Gasteiger partial charge in [0.05, 0.1) is 13.2 Å². The van der Waals surface area contributed by atoms with Gasteiger partial charge in [0.25, 0.3) is 0 Å². The van der Waals surface area contributed by atoms with Crippen LogP contribution in [-0.4, -0.2) is 32.0 Å². The van der Waals surface area contributed by atoms with Crippen molar-refractivity contribution in [2.24, 2.45) is 0 Å². The van der Waals surface area contributed by atoms with Crippen LogP contribution in [0, 0.1) is 6.92 Å². The topological polar surface area (TPSA) is 51.8 Å². The fraction of sp³-hybridized carbons (Fsp3) is 0.467. The number of furan rings is 1. The van der Waals surface area contributed by atoms with E-state index in [9.17, 15) is 5.11 Å². The zero-order valence-electron chi connectivity index (χ0n) is 11.4. The quantitative estimate of drug-likeness (QED) is 0.781. The summed E-state index contributed by atoms with van der Waals surface area (Å²) in [5.74, 6) is 0.593. The number of aliphatic hydroxyl groups excluding tert-OH is 1. The van der Waals surface area contributed by atoms with Crippen LogP contribution in [0.3, 0.4) is 0 Å². The van der Waals surface area contributed by atoms with Crippen molar-refractivity contribution >= 4 is 11.0 Å². The van der Waals surface area contributed by atoms with Crippen LogP contribution in [0.15, 0.2) is 28.7 Å². The summed E-state index contributed by atoms with van der Waals surface area (Å²) in [4.78, 5) is 0. The summed E-state index contributed by atoms with van der Waals surface area (Å²) in [6.45, 7) is 3.63. The van der Waals surface area contributed by atoms with Crippen LogP contribution < -0.4 is 0 Å². The van der Waals surface area contributed by atoms with Gasteiger partial charge in [0, 0.05) is 25.5 Å². The first kappa shape index (κ1) is 14.1. The number of hydrogen-bond donors (Lipinski definition) is 1. The van der Waals surface area contributed by atoms with Crippen molar-refractivity contribution < 1.29 is 19.0 Å². The van der Waals surface area contributed by atoms with Gasteiger partial charge in [-0.2, -0.15) is 0 Å². The van der Waals surface area contributed by atoms with Crippen molar-refractivity contribution in [1.29, 1.82) is 0 Å². The third-order valence-electron chi connectivity index (χ3n) is 2.99. The van der Waals surface area contributed by atoms with Gasteiger partial charge in [0.2, 0.25) is 0 Å². The Balaban J connectivity index is 1.91. The Bertz CT molecular complexity index is 518. The summed E-state index contributed by atoms with van der Waals surface area (Å²) < 4.78 is 15.8. The van der Waals surface area contributed by atoms with E-state index in [4.69, 9.17) is 13.9 Å². The van der Waals surface area contributed by atoms with E-state index >= 15 is 0 Å². The molecular formula is C15H20O4. The van der Waals surface area contributed by atoms with E-state index < -0.39 is 6.10 Å². The molecule has 0 bridgehead atoms. The third kappa shape index (κ3) is 3.80. The van der Waals surface area contributed by atoms with E-state index in [0.717, 1.165) is 11.0 Å². The molecule has 0 saturated carbocycles. The summed E-state index contributed by atoms with van der Waals surface area (Å²) in [5, 5.41) is 11.1. The Hall–Kier alpha value is -1.36. The second-order valence-corrected chi connectivity index (χ2v) is 4.60. The van der Waals surface area contributed by atoms with Crippen molar-refractivity contribution in [3.63, 3.8) is 0 Å². The first-order valence-corrected chi connectivity index (χ1v) is 6.45. The maximum atomic E-state index is 10.0. The molecule has 1 heterocycles. The van der Waals surface area contributed by atoms with Crippen molar-refractivity contribution in [3.05, 3.63) is 35.6 Å². The Morgan fingerprint density at radius 3 is 2.84 bits per heavy atom. The second-order valence-electron chi connectivity index (χ2n) is 4.60. The van der Waals surface area contributed by atoms with Crippen LogP contribution in [0.1, 0.15) is 23.8 Å². The normalized spacial score (nSPS) is 13.0. The van der Waals surface area contributed by atoms with Crippen molar-refractivity contribution in [2.45, 2.75) is 19.4 Å². The van der Waals surface area contributed by atoms with Gasteiger partial charge in [-0.3, -0.25) is 0 Å². The molecule has 1 aromatic heterocycles. The van der Waals surface area contributed by atoms with Gasteiger partial charge in [-0.1, -0.05) is 11.6 Å². The van der Waals surface area contributed by atoms with E-state index in [1.54, 1.807) is 7.11 Å². The third-order valence-corrected chi connectivity index (χ3v) is 2.99. The number of benzene rings is 1. The molecule has 4 nitrogen and oxygen atoms in total. The number of ether oxygens (including phenoxy) is 2. The van der Waals surface area contributed by atoms with Gasteiger partial charge >= 0.3 is 0 Å². The maximum Gasteiger partial charge on any atom is 0.134 e. The molecule has 0 fully saturated rings. The molecular weight excluding hydrogens is 244 g/mol. The van der Waals surface area contributed by atoms with E-state index in [0.29, 0.717) is 32.0 Å². The fourth-order valence-electron chi connectivity index (χ4n) is 1.93. The fourth-order valence-corrected chi connectivity index (χ4v) is 1.93. The predicted octanol–water partition coefficient (Wildman–Crippen LogP) is 2.83. The Labute approximate surface area is 112 Å². The van der Waals surface area contributed by atoms with Gasteiger partial charge in [-0.05, 0) is 25.1 Å². The van der Waals surface area contributed by atoms with Crippen LogP contribution in [0.2, 0.25) is 0 Å². The Morgan fingerprint density at radius 1 is 1.21 bits per heavy atom. The molecule has 104 valence electrons. The molecule has 0 amide bonds. The molecule has 1 unspecified atom stereocenters. The van der Waals surface area contributed by atoms with E-state index in [-0.39, 0.29) is 0 Å². The highest BCUT2D eigenvalue weighted by Crippen LogP contribution is 2.26. The summed E-state index contributed by atoms with van der Waals surface area (Å²) in [5.41, 5.74) is 1.98. The summed E-state index contributed by atoms with van der Waals surface area (Å²) in [6.07, 6.45) is -0.113. The molecule has 2 aromatic rings. The average molecular weight is 264 g/mol. The average Bonchev–Trinajstić information content (AvgIpc) is 2.81. The van der Waals surface area contributed by atoms with Crippen LogP contribution in [-0.2, 0) is 9.47 Å². The van der Waals surface area contributed by atoms with E-state index in [2.05, 4.69) is 0 Å². The smallest absolute Gasteiger partial charge is 0.134 e. The Kier molecular flexibility index (Phi) is 4.96. The molecule has 2 rings (SSSR count). The number of methoxy groups -OCH3 is 1. The Morgan fingerprint density at radius 2 is 2.05 bits per heavy atom. The maximum absolute atomic E-state index is 10.0. The molecule has 0 radical (unpaired) electrons. The zero-order valence-corrected chi connectivity index (χ0v) is 11.4. The first-order chi connectivity index (χ1) is 9.20. The SMILES string of the molecule is COCCOCCC(O)c1cc2cc(C)ccc2o1. The molecule has 0 saturated heterocycles. The second kappa shape index (κ2) is 6.70. The van der Waals surface area contributed by atoms with Gasteiger partial charge < -0.3 is 19.0 Å². The minimum absolute atomic E-state index is 0.487. The lowest BCUT2D eigenvalue weighted by atomic mass is 10.1. The summed E-state index contributed by atoms with van der Waals surface area (Å²) in [7, 11) is 1.63.